The van der Waals surface area contributed by atoms with E-state index in [-0.39, 0.29) is 6.54 Å². The van der Waals surface area contributed by atoms with Crippen molar-refractivity contribution in [2.75, 3.05) is 26.4 Å². The van der Waals surface area contributed by atoms with E-state index >= 15 is 0 Å². The van der Waals surface area contributed by atoms with Crippen molar-refractivity contribution in [1.29, 1.82) is 0 Å². The van der Waals surface area contributed by atoms with Crippen molar-refractivity contribution in [2.24, 2.45) is 0 Å². The van der Waals surface area contributed by atoms with Crippen molar-refractivity contribution >= 4 is 16.3 Å². The molecule has 0 rings (SSSR count). The summed E-state index contributed by atoms with van der Waals surface area (Å²) < 4.78 is 38.6. The van der Waals surface area contributed by atoms with E-state index in [1.165, 1.54) is 44.9 Å². The van der Waals surface area contributed by atoms with E-state index < -0.39 is 47.3 Å². The third-order valence-corrected chi connectivity index (χ3v) is 5.31. The molecule has 0 heterocycles. The molecule has 0 bridgehead atoms. The van der Waals surface area contributed by atoms with Crippen LogP contribution in [0.1, 0.15) is 71.1 Å². The number of carbonyl (C=O) groups is 1. The summed E-state index contributed by atoms with van der Waals surface area (Å²) in [6.45, 7) is 2.37. The van der Waals surface area contributed by atoms with Crippen LogP contribution in [0.3, 0.4) is 0 Å². The van der Waals surface area contributed by atoms with Gasteiger partial charge in [-0.15, -0.1) is 0 Å². The number of carbonyl (C=O) groups excluding carboxylic acids is 1. The van der Waals surface area contributed by atoms with Gasteiger partial charge in [-0.2, -0.15) is 8.42 Å². The Hall–Kier alpha value is -0.860. The molecule has 12 heteroatoms. The van der Waals surface area contributed by atoms with Gasteiger partial charge >= 0.3 is 10.4 Å². The van der Waals surface area contributed by atoms with Crippen LogP contribution in [0, 0.1) is 0 Å². The van der Waals surface area contributed by atoms with Crippen molar-refractivity contribution in [3.63, 3.8) is 0 Å². The number of amides is 1. The van der Waals surface area contributed by atoms with E-state index in [9.17, 15) is 33.6 Å². The monoisotopic (exact) mass is 487 g/mol. The van der Waals surface area contributed by atoms with Gasteiger partial charge in [0.2, 0.25) is 0 Å². The Balaban J connectivity index is 3.77. The molecular formula is C20H41NO10S. The average molecular weight is 488 g/mol. The van der Waals surface area contributed by atoms with Crippen molar-refractivity contribution in [2.45, 2.75) is 95.5 Å². The fourth-order valence-electron chi connectivity index (χ4n) is 2.93. The molecule has 0 unspecified atom stereocenters. The SMILES string of the molecule is CCCCCCCCCCCOCCCNC(=O)[C@H](O)[C@@H](O)[C@H](O)[C@H](O)COS(=O)(=O)O. The normalized spacial score (nSPS) is 15.8. The van der Waals surface area contributed by atoms with E-state index in [1.54, 1.807) is 0 Å². The van der Waals surface area contributed by atoms with Crippen LogP contribution in [-0.4, -0.2) is 90.1 Å². The molecule has 0 aromatic heterocycles. The molecule has 0 fully saturated rings. The van der Waals surface area contributed by atoms with Crippen LogP contribution in [0.2, 0.25) is 0 Å². The number of aliphatic hydroxyl groups is 4. The van der Waals surface area contributed by atoms with Gasteiger partial charge in [0.1, 0.15) is 18.3 Å². The summed E-state index contributed by atoms with van der Waals surface area (Å²) in [4.78, 5) is 11.8. The first kappa shape index (κ1) is 31.1. The van der Waals surface area contributed by atoms with Crippen molar-refractivity contribution in [1.82, 2.24) is 5.32 Å². The number of nitrogens with one attached hydrogen (secondary N) is 1. The average Bonchev–Trinajstić information content (AvgIpc) is 2.75. The van der Waals surface area contributed by atoms with E-state index in [0.29, 0.717) is 19.6 Å². The molecule has 0 spiro atoms. The van der Waals surface area contributed by atoms with Crippen molar-refractivity contribution in [3.8, 4) is 0 Å². The number of hydrogen-bond acceptors (Lipinski definition) is 9. The van der Waals surface area contributed by atoms with Crippen molar-refractivity contribution in [3.05, 3.63) is 0 Å². The largest absolute Gasteiger partial charge is 0.397 e. The van der Waals surface area contributed by atoms with Crippen LogP contribution in [0.15, 0.2) is 0 Å². The Bertz CT molecular complexity index is 575. The maximum atomic E-state index is 11.8. The molecule has 0 aliphatic rings. The summed E-state index contributed by atoms with van der Waals surface area (Å²) in [5.74, 6) is -0.974. The summed E-state index contributed by atoms with van der Waals surface area (Å²) in [6.07, 6.45) is 3.32. The molecular weight excluding hydrogens is 446 g/mol. The van der Waals surface area contributed by atoms with E-state index in [0.717, 1.165) is 12.8 Å². The maximum absolute atomic E-state index is 11.8. The number of aliphatic hydroxyl groups excluding tert-OH is 4. The first-order chi connectivity index (χ1) is 15.1. The summed E-state index contributed by atoms with van der Waals surface area (Å²) in [6, 6.07) is 0. The molecule has 11 nitrogen and oxygen atoms in total. The zero-order chi connectivity index (χ0) is 24.4. The minimum absolute atomic E-state index is 0.172. The summed E-state index contributed by atoms with van der Waals surface area (Å²) in [5, 5.41) is 41.1. The second kappa shape index (κ2) is 18.6. The molecule has 0 saturated heterocycles. The van der Waals surface area contributed by atoms with Gasteiger partial charge in [0.05, 0.1) is 6.61 Å². The quantitative estimate of drug-likeness (QED) is 0.0972. The van der Waals surface area contributed by atoms with E-state index in [2.05, 4.69) is 16.4 Å². The predicted molar refractivity (Wildman–Crippen MR) is 117 cm³/mol. The lowest BCUT2D eigenvalue weighted by atomic mass is 10.0. The highest BCUT2D eigenvalue weighted by molar-refractivity contribution is 7.80. The second-order valence-corrected chi connectivity index (χ2v) is 8.88. The van der Waals surface area contributed by atoms with Gasteiger partial charge < -0.3 is 30.5 Å². The smallest absolute Gasteiger partial charge is 0.388 e. The first-order valence-electron chi connectivity index (χ1n) is 11.3. The molecule has 0 aliphatic heterocycles. The molecule has 0 aromatic carbocycles. The lowest BCUT2D eigenvalue weighted by Gasteiger charge is -2.25. The van der Waals surface area contributed by atoms with Crippen molar-refractivity contribution < 1.29 is 47.1 Å². The molecule has 4 atom stereocenters. The number of hydrogen-bond donors (Lipinski definition) is 6. The summed E-state index contributed by atoms with van der Waals surface area (Å²) >= 11 is 0. The third kappa shape index (κ3) is 16.7. The van der Waals surface area contributed by atoms with Gasteiger partial charge in [-0.25, -0.2) is 4.18 Å². The third-order valence-electron chi connectivity index (χ3n) is 4.88. The van der Waals surface area contributed by atoms with Crippen LogP contribution in [0.5, 0.6) is 0 Å². The standard InChI is InChI=1S/C20H41NO10S/c1-2-3-4-5-6-7-8-9-10-13-30-14-11-12-21-20(26)19(25)18(24)17(23)16(22)15-31-32(27,28)29/h16-19,22-25H,2-15H2,1H3,(H,21,26)(H,27,28,29)/t16-,17-,18+,19-/m1/s1. The summed E-state index contributed by atoms with van der Waals surface area (Å²) in [5.41, 5.74) is 0. The highest BCUT2D eigenvalue weighted by atomic mass is 32.3. The van der Waals surface area contributed by atoms with Crippen LogP contribution in [0.25, 0.3) is 0 Å². The minimum Gasteiger partial charge on any atom is -0.388 e. The van der Waals surface area contributed by atoms with Gasteiger partial charge in [-0.1, -0.05) is 58.3 Å². The molecule has 192 valence electrons. The fraction of sp³-hybridized carbons (Fsp3) is 0.950. The molecule has 0 radical (unpaired) electrons. The number of ether oxygens (including phenoxy) is 1. The zero-order valence-electron chi connectivity index (χ0n) is 18.9. The lowest BCUT2D eigenvalue weighted by Crippen LogP contribution is -2.52. The minimum atomic E-state index is -4.85. The lowest BCUT2D eigenvalue weighted by molar-refractivity contribution is -0.148. The van der Waals surface area contributed by atoms with Gasteiger partial charge in [-0.05, 0) is 12.8 Å². The zero-order valence-corrected chi connectivity index (χ0v) is 19.7. The van der Waals surface area contributed by atoms with Gasteiger partial charge in [-0.3, -0.25) is 9.35 Å². The molecule has 6 N–H and O–H groups in total. The predicted octanol–water partition coefficient (Wildman–Crippen LogP) is 0.303. The summed E-state index contributed by atoms with van der Waals surface area (Å²) in [7, 11) is -4.85. The van der Waals surface area contributed by atoms with Crippen LogP contribution < -0.4 is 5.32 Å². The topological polar surface area (TPSA) is 183 Å². The highest BCUT2D eigenvalue weighted by Crippen LogP contribution is 2.10. The number of unbranched alkanes of at least 4 members (excludes halogenated alkanes) is 8. The maximum Gasteiger partial charge on any atom is 0.397 e. The molecule has 1 amide bonds. The van der Waals surface area contributed by atoms with Crippen LogP contribution in [0.4, 0.5) is 0 Å². The molecule has 0 saturated carbocycles. The fourth-order valence-corrected chi connectivity index (χ4v) is 3.24. The van der Waals surface area contributed by atoms with Gasteiger partial charge in [0, 0.05) is 19.8 Å². The Morgan fingerprint density at radius 3 is 1.94 bits per heavy atom. The van der Waals surface area contributed by atoms with E-state index in [4.69, 9.17) is 9.29 Å². The van der Waals surface area contributed by atoms with Crippen LogP contribution >= 0.6 is 0 Å². The Kier molecular flexibility index (Phi) is 18.1. The second-order valence-electron chi connectivity index (χ2n) is 7.79. The van der Waals surface area contributed by atoms with E-state index in [1.807, 2.05) is 0 Å². The Morgan fingerprint density at radius 2 is 1.38 bits per heavy atom. The molecule has 0 aromatic rings. The highest BCUT2D eigenvalue weighted by Gasteiger charge is 2.34. The van der Waals surface area contributed by atoms with Gasteiger partial charge in [0.25, 0.3) is 5.91 Å². The molecule has 32 heavy (non-hydrogen) atoms. The first-order valence-corrected chi connectivity index (χ1v) is 12.7. The Labute approximate surface area is 191 Å². The number of rotatable bonds is 21. The molecule has 0 aliphatic carbocycles. The Morgan fingerprint density at radius 1 is 0.844 bits per heavy atom. The van der Waals surface area contributed by atoms with Crippen LogP contribution in [-0.2, 0) is 24.1 Å². The van der Waals surface area contributed by atoms with Gasteiger partial charge in [0.15, 0.2) is 6.10 Å².